The zero-order valence-electron chi connectivity index (χ0n) is 19.7. The first-order chi connectivity index (χ1) is 16.8. The van der Waals surface area contributed by atoms with Crippen LogP contribution in [0.3, 0.4) is 0 Å². The van der Waals surface area contributed by atoms with E-state index in [1.165, 1.54) is 16.7 Å². The third-order valence-corrected chi connectivity index (χ3v) is 5.50. The third-order valence-electron chi connectivity index (χ3n) is 5.50. The number of nitrogens with zero attached hydrogens (tertiary/aromatic N) is 3. The molecule has 1 amide bonds. The Labute approximate surface area is 202 Å². The molecule has 1 aliphatic rings. The molecule has 2 heterocycles. The van der Waals surface area contributed by atoms with Gasteiger partial charge in [0.2, 0.25) is 5.75 Å². The van der Waals surface area contributed by atoms with Gasteiger partial charge in [-0.1, -0.05) is 43.0 Å². The Hall–Kier alpha value is -3.98. The van der Waals surface area contributed by atoms with Gasteiger partial charge in [0, 0.05) is 13.1 Å². The van der Waals surface area contributed by atoms with Crippen LogP contribution in [0, 0.1) is 5.82 Å². The topological polar surface area (TPSA) is 85.7 Å². The van der Waals surface area contributed by atoms with Gasteiger partial charge >= 0.3 is 0 Å². The van der Waals surface area contributed by atoms with E-state index in [0.717, 1.165) is 16.7 Å². The number of rotatable bonds is 8. The molecule has 3 aromatic rings. The Kier molecular flexibility index (Phi) is 7.26. The highest BCUT2D eigenvalue weighted by molar-refractivity contribution is 5.95. The molecule has 0 aliphatic carbocycles. The lowest BCUT2D eigenvalue weighted by Crippen LogP contribution is -2.35. The van der Waals surface area contributed by atoms with Gasteiger partial charge in [-0.15, -0.1) is 0 Å². The number of carbonyl (C=O) groups is 1. The Morgan fingerprint density at radius 3 is 2.74 bits per heavy atom. The van der Waals surface area contributed by atoms with E-state index in [1.54, 1.807) is 6.07 Å². The van der Waals surface area contributed by atoms with E-state index < -0.39 is 11.5 Å². The van der Waals surface area contributed by atoms with Crippen LogP contribution in [0.15, 0.2) is 59.9 Å². The molecule has 0 unspecified atom stereocenters. The minimum Gasteiger partial charge on any atom is -0.488 e. The maximum Gasteiger partial charge on any atom is 0.297 e. The van der Waals surface area contributed by atoms with Crippen LogP contribution >= 0.6 is 0 Å². The molecule has 0 atom stereocenters. The number of amides is 1. The van der Waals surface area contributed by atoms with Crippen LogP contribution < -0.4 is 15.6 Å². The van der Waals surface area contributed by atoms with Gasteiger partial charge in [-0.25, -0.2) is 9.37 Å². The Bertz CT molecular complexity index is 1300. The van der Waals surface area contributed by atoms with Crippen molar-refractivity contribution in [1.82, 2.24) is 19.8 Å². The maximum absolute atomic E-state index is 13.8. The molecular weight excluding hydrogens is 451 g/mol. The predicted octanol–water partition coefficient (Wildman–Crippen LogP) is 2.95. The lowest BCUT2D eigenvalue weighted by atomic mass is 10.1. The van der Waals surface area contributed by atoms with E-state index in [9.17, 15) is 14.0 Å². The van der Waals surface area contributed by atoms with Crippen LogP contribution in [-0.2, 0) is 31.0 Å². The summed E-state index contributed by atoms with van der Waals surface area (Å²) in [5.41, 5.74) is 1.71. The first kappa shape index (κ1) is 24.2. The van der Waals surface area contributed by atoms with Crippen molar-refractivity contribution in [1.29, 1.82) is 0 Å². The number of hydrogen-bond acceptors (Lipinski definition) is 6. The number of benzene rings is 2. The van der Waals surface area contributed by atoms with E-state index in [-0.39, 0.29) is 55.1 Å². The van der Waals surface area contributed by atoms with Crippen molar-refractivity contribution < 1.29 is 18.7 Å². The number of fused-ring (bicyclic) bond motifs is 1. The molecule has 1 N–H and O–H groups in total. The summed E-state index contributed by atoms with van der Waals surface area (Å²) in [6.07, 6.45) is 0. The minimum absolute atomic E-state index is 0.0970. The van der Waals surface area contributed by atoms with E-state index in [4.69, 9.17) is 9.47 Å². The van der Waals surface area contributed by atoms with Crippen LogP contribution in [0.2, 0.25) is 0 Å². The second-order valence-electron chi connectivity index (χ2n) is 8.45. The summed E-state index contributed by atoms with van der Waals surface area (Å²) >= 11 is 0. The van der Waals surface area contributed by atoms with Crippen molar-refractivity contribution in [2.75, 3.05) is 20.7 Å². The van der Waals surface area contributed by atoms with Gasteiger partial charge in [-0.05, 0) is 42.9 Å². The van der Waals surface area contributed by atoms with E-state index in [1.807, 2.05) is 49.3 Å². The molecule has 0 radical (unpaired) electrons. The second kappa shape index (κ2) is 10.5. The molecule has 9 heteroatoms. The first-order valence-corrected chi connectivity index (χ1v) is 11.2. The van der Waals surface area contributed by atoms with Crippen molar-refractivity contribution in [3.63, 3.8) is 0 Å². The van der Waals surface area contributed by atoms with Crippen molar-refractivity contribution in [2.24, 2.45) is 0 Å². The van der Waals surface area contributed by atoms with Crippen LogP contribution in [0.4, 0.5) is 4.39 Å². The van der Waals surface area contributed by atoms with Crippen LogP contribution in [0.1, 0.15) is 33.0 Å². The highest BCUT2D eigenvalue weighted by Gasteiger charge is 2.27. The fourth-order valence-electron chi connectivity index (χ4n) is 3.81. The van der Waals surface area contributed by atoms with Gasteiger partial charge in [0.05, 0.1) is 6.54 Å². The summed E-state index contributed by atoms with van der Waals surface area (Å²) in [4.78, 5) is 32.8. The van der Waals surface area contributed by atoms with Gasteiger partial charge in [0.25, 0.3) is 11.5 Å². The van der Waals surface area contributed by atoms with Crippen LogP contribution in [0.5, 0.6) is 5.75 Å². The Morgan fingerprint density at radius 1 is 1.23 bits per heavy atom. The molecule has 0 fully saturated rings. The van der Waals surface area contributed by atoms with Gasteiger partial charge in [0.15, 0.2) is 17.3 Å². The molecule has 182 valence electrons. The number of carbonyl (C=O) groups excluding carboxylic acids is 1. The molecule has 8 nitrogen and oxygen atoms in total. The second-order valence-corrected chi connectivity index (χ2v) is 8.45. The van der Waals surface area contributed by atoms with Crippen molar-refractivity contribution in [3.8, 4) is 5.75 Å². The Balaban J connectivity index is 1.64. The van der Waals surface area contributed by atoms with Crippen LogP contribution in [-0.4, -0.2) is 41.1 Å². The van der Waals surface area contributed by atoms with Gasteiger partial charge < -0.3 is 19.7 Å². The largest absolute Gasteiger partial charge is 0.488 e. The molecule has 0 bridgehead atoms. The summed E-state index contributed by atoms with van der Waals surface area (Å²) in [6, 6.07) is 13.7. The monoisotopic (exact) mass is 478 g/mol. The fraction of sp³-hybridized carbons (Fsp3) is 0.269. The van der Waals surface area contributed by atoms with Crippen LogP contribution in [0.25, 0.3) is 5.76 Å². The SMILES string of the molecule is C=C1OCCn2c1nc(C(=O)NCc1ccc(F)cc1CN(C)C)c(OCc1ccccc1)c2=O. The van der Waals surface area contributed by atoms with Crippen molar-refractivity contribution in [3.05, 3.63) is 99.5 Å². The Morgan fingerprint density at radius 2 is 2.00 bits per heavy atom. The first-order valence-electron chi connectivity index (χ1n) is 11.2. The number of nitrogens with one attached hydrogen (secondary N) is 1. The smallest absolute Gasteiger partial charge is 0.297 e. The summed E-state index contributed by atoms with van der Waals surface area (Å²) in [7, 11) is 3.76. The molecule has 4 rings (SSSR count). The molecule has 35 heavy (non-hydrogen) atoms. The third kappa shape index (κ3) is 5.58. The molecule has 0 saturated carbocycles. The standard InChI is InChI=1S/C26H27FN4O4/c1-17-24-29-22(25(32)28-14-19-9-10-21(27)13-20(19)15-30(2)3)23(26(33)31(24)11-12-34-17)35-16-18-7-5-4-6-8-18/h4-10,13H,1,11-12,14-16H2,2-3H3,(H,28,32). The van der Waals surface area contributed by atoms with Gasteiger partial charge in [0.1, 0.15) is 19.0 Å². The average Bonchev–Trinajstić information content (AvgIpc) is 2.83. The quantitative estimate of drug-likeness (QED) is 0.536. The predicted molar refractivity (Wildman–Crippen MR) is 129 cm³/mol. The zero-order valence-corrected chi connectivity index (χ0v) is 19.7. The van der Waals surface area contributed by atoms with E-state index >= 15 is 0 Å². The highest BCUT2D eigenvalue weighted by atomic mass is 19.1. The van der Waals surface area contributed by atoms with Crippen molar-refractivity contribution in [2.45, 2.75) is 26.2 Å². The molecule has 1 aliphatic heterocycles. The number of hydrogen-bond donors (Lipinski definition) is 1. The van der Waals surface area contributed by atoms with Gasteiger partial charge in [-0.2, -0.15) is 0 Å². The lowest BCUT2D eigenvalue weighted by Gasteiger charge is -2.22. The number of aromatic nitrogens is 2. The highest BCUT2D eigenvalue weighted by Crippen LogP contribution is 2.21. The normalized spacial score (nSPS) is 12.7. The zero-order chi connectivity index (χ0) is 24.9. The summed E-state index contributed by atoms with van der Waals surface area (Å²) in [5.74, 6) is -0.682. The minimum atomic E-state index is -0.591. The number of ether oxygens (including phenoxy) is 2. The maximum atomic E-state index is 13.8. The molecule has 0 spiro atoms. The molecule has 0 saturated heterocycles. The molecule has 2 aromatic carbocycles. The molecule has 1 aromatic heterocycles. The average molecular weight is 479 g/mol. The lowest BCUT2D eigenvalue weighted by molar-refractivity contribution is 0.0938. The fourth-order valence-corrected chi connectivity index (χ4v) is 3.81. The molecular formula is C26H27FN4O4. The van der Waals surface area contributed by atoms with Gasteiger partial charge in [-0.3, -0.25) is 14.2 Å². The summed E-state index contributed by atoms with van der Waals surface area (Å²) < 4.78 is 26.5. The van der Waals surface area contributed by atoms with E-state index in [2.05, 4.69) is 16.9 Å². The number of halogens is 1. The van der Waals surface area contributed by atoms with Crippen molar-refractivity contribution >= 4 is 11.7 Å². The summed E-state index contributed by atoms with van der Waals surface area (Å²) in [5, 5.41) is 2.79. The van der Waals surface area contributed by atoms with E-state index in [0.29, 0.717) is 6.54 Å². The summed E-state index contributed by atoms with van der Waals surface area (Å²) in [6.45, 7) is 5.07.